The quantitative estimate of drug-likeness (QED) is 0.876. The third-order valence-corrected chi connectivity index (χ3v) is 5.26. The maximum Gasteiger partial charge on any atom is 0.227 e. The maximum atomic E-state index is 12.9. The maximum absolute atomic E-state index is 12.9. The first-order valence-electron chi connectivity index (χ1n) is 9.16. The third-order valence-electron chi connectivity index (χ3n) is 5.26. The molecule has 134 valence electrons. The van der Waals surface area contributed by atoms with Crippen molar-refractivity contribution in [3.05, 3.63) is 52.9 Å². The van der Waals surface area contributed by atoms with Crippen LogP contribution in [0.5, 0.6) is 0 Å². The van der Waals surface area contributed by atoms with Gasteiger partial charge in [0, 0.05) is 31.0 Å². The lowest BCUT2D eigenvalue weighted by atomic mass is 9.89. The molecular formula is C20H27N3O2. The van der Waals surface area contributed by atoms with Gasteiger partial charge >= 0.3 is 0 Å². The number of hydrogen-bond acceptors (Lipinski definition) is 4. The van der Waals surface area contributed by atoms with E-state index in [9.17, 15) is 4.79 Å². The summed E-state index contributed by atoms with van der Waals surface area (Å²) >= 11 is 0. The number of hydrogen-bond donors (Lipinski definition) is 1. The van der Waals surface area contributed by atoms with Gasteiger partial charge in [-0.3, -0.25) is 4.79 Å². The fourth-order valence-electron chi connectivity index (χ4n) is 3.79. The van der Waals surface area contributed by atoms with Crippen LogP contribution < -0.4 is 5.73 Å². The van der Waals surface area contributed by atoms with Crippen molar-refractivity contribution in [2.45, 2.75) is 39.0 Å². The molecule has 0 bridgehead atoms. The largest absolute Gasteiger partial charge is 0.361 e. The van der Waals surface area contributed by atoms with Crippen LogP contribution in [0.25, 0.3) is 0 Å². The number of aromatic nitrogens is 1. The fourth-order valence-corrected chi connectivity index (χ4v) is 3.79. The first-order chi connectivity index (χ1) is 12.2. The van der Waals surface area contributed by atoms with Gasteiger partial charge in [0.1, 0.15) is 5.76 Å². The highest BCUT2D eigenvalue weighted by Crippen LogP contribution is 2.32. The van der Waals surface area contributed by atoms with E-state index < -0.39 is 0 Å². The van der Waals surface area contributed by atoms with Gasteiger partial charge in [0.2, 0.25) is 5.91 Å². The smallest absolute Gasteiger partial charge is 0.227 e. The third kappa shape index (κ3) is 3.61. The van der Waals surface area contributed by atoms with E-state index in [1.54, 1.807) is 0 Å². The van der Waals surface area contributed by atoms with Crippen molar-refractivity contribution in [1.29, 1.82) is 0 Å². The van der Waals surface area contributed by atoms with E-state index in [0.717, 1.165) is 42.9 Å². The van der Waals surface area contributed by atoms with E-state index in [1.807, 2.05) is 36.9 Å². The van der Waals surface area contributed by atoms with Gasteiger partial charge in [0.15, 0.2) is 0 Å². The summed E-state index contributed by atoms with van der Waals surface area (Å²) in [6, 6.07) is 10.4. The van der Waals surface area contributed by atoms with Gasteiger partial charge in [0.05, 0.1) is 12.1 Å². The summed E-state index contributed by atoms with van der Waals surface area (Å²) in [7, 11) is 0. The van der Waals surface area contributed by atoms with Gasteiger partial charge in [0.25, 0.3) is 0 Å². The molecule has 25 heavy (non-hydrogen) atoms. The van der Waals surface area contributed by atoms with Crippen molar-refractivity contribution in [2.75, 3.05) is 19.6 Å². The minimum absolute atomic E-state index is 0.143. The first-order valence-corrected chi connectivity index (χ1v) is 9.16. The highest BCUT2D eigenvalue weighted by atomic mass is 16.5. The monoisotopic (exact) mass is 341 g/mol. The zero-order valence-electron chi connectivity index (χ0n) is 15.1. The van der Waals surface area contributed by atoms with Crippen molar-refractivity contribution in [3.63, 3.8) is 0 Å². The van der Waals surface area contributed by atoms with Crippen LogP contribution in [-0.4, -0.2) is 35.6 Å². The standard InChI is InChI=1S/C20H27N3O2/c1-3-18-16(19(4-2)25-22-18)10-20(24)23-12-15(11-21)17(13-23)14-8-6-5-7-9-14/h5-9,15,17H,3-4,10-13,21H2,1-2H3/t15-,17+/m1/s1. The van der Waals surface area contributed by atoms with Crippen molar-refractivity contribution < 1.29 is 9.32 Å². The molecule has 0 unspecified atom stereocenters. The Kier molecular flexibility index (Phi) is 5.53. The molecule has 2 heterocycles. The number of amides is 1. The van der Waals surface area contributed by atoms with Gasteiger partial charge in [-0.05, 0) is 24.4 Å². The van der Waals surface area contributed by atoms with Gasteiger partial charge in [-0.25, -0.2) is 0 Å². The molecule has 1 saturated heterocycles. The number of rotatable bonds is 6. The van der Waals surface area contributed by atoms with Crippen LogP contribution in [0.2, 0.25) is 0 Å². The van der Waals surface area contributed by atoms with E-state index in [4.69, 9.17) is 10.3 Å². The number of likely N-dealkylation sites (tertiary alicyclic amines) is 1. The average molecular weight is 341 g/mol. The van der Waals surface area contributed by atoms with Crippen LogP contribution in [-0.2, 0) is 24.1 Å². The normalized spacial score (nSPS) is 20.2. The van der Waals surface area contributed by atoms with Crippen molar-refractivity contribution in [2.24, 2.45) is 11.7 Å². The van der Waals surface area contributed by atoms with E-state index in [2.05, 4.69) is 17.3 Å². The Balaban J connectivity index is 1.74. The van der Waals surface area contributed by atoms with Crippen LogP contribution in [0, 0.1) is 5.92 Å². The fraction of sp³-hybridized carbons (Fsp3) is 0.500. The number of benzene rings is 1. The Morgan fingerprint density at radius 3 is 2.64 bits per heavy atom. The lowest BCUT2D eigenvalue weighted by Crippen LogP contribution is -2.31. The van der Waals surface area contributed by atoms with Crippen LogP contribution in [0.1, 0.15) is 42.3 Å². The molecule has 1 fully saturated rings. The molecule has 0 saturated carbocycles. The van der Waals surface area contributed by atoms with E-state index in [1.165, 1.54) is 5.56 Å². The SMILES string of the molecule is CCc1noc(CC)c1CC(=O)N1C[C@@H](CN)[C@H](c2ccccc2)C1. The summed E-state index contributed by atoms with van der Waals surface area (Å²) in [6.45, 7) is 6.12. The van der Waals surface area contributed by atoms with E-state index in [0.29, 0.717) is 24.8 Å². The summed E-state index contributed by atoms with van der Waals surface area (Å²) < 4.78 is 5.39. The molecule has 1 amide bonds. The predicted molar refractivity (Wildman–Crippen MR) is 97.3 cm³/mol. The number of carbonyl (C=O) groups excluding carboxylic acids is 1. The number of nitrogens with zero attached hydrogens (tertiary/aromatic N) is 2. The molecule has 3 rings (SSSR count). The van der Waals surface area contributed by atoms with Gasteiger partial charge < -0.3 is 15.2 Å². The van der Waals surface area contributed by atoms with Crippen LogP contribution in [0.4, 0.5) is 0 Å². The molecule has 0 spiro atoms. The molecule has 0 aliphatic carbocycles. The van der Waals surface area contributed by atoms with Crippen molar-refractivity contribution in [3.8, 4) is 0 Å². The second kappa shape index (κ2) is 7.83. The molecule has 5 heteroatoms. The van der Waals surface area contributed by atoms with Gasteiger partial charge in [-0.1, -0.05) is 49.3 Å². The Hall–Kier alpha value is -2.14. The second-order valence-corrected chi connectivity index (χ2v) is 6.73. The van der Waals surface area contributed by atoms with Gasteiger partial charge in [-0.2, -0.15) is 0 Å². The van der Waals surface area contributed by atoms with Crippen molar-refractivity contribution >= 4 is 5.91 Å². The Morgan fingerprint density at radius 2 is 2.00 bits per heavy atom. The van der Waals surface area contributed by atoms with E-state index >= 15 is 0 Å². The zero-order valence-corrected chi connectivity index (χ0v) is 15.1. The summed E-state index contributed by atoms with van der Waals surface area (Å²) in [5.74, 6) is 1.60. The molecule has 5 nitrogen and oxygen atoms in total. The summed E-state index contributed by atoms with van der Waals surface area (Å²) in [5, 5.41) is 4.11. The summed E-state index contributed by atoms with van der Waals surface area (Å²) in [4.78, 5) is 14.9. The molecule has 2 aromatic rings. The molecule has 1 aliphatic rings. The highest BCUT2D eigenvalue weighted by molar-refractivity contribution is 5.79. The van der Waals surface area contributed by atoms with Crippen LogP contribution in [0.3, 0.4) is 0 Å². The molecular weight excluding hydrogens is 314 g/mol. The second-order valence-electron chi connectivity index (χ2n) is 6.73. The Labute approximate surface area is 149 Å². The van der Waals surface area contributed by atoms with Crippen LogP contribution >= 0.6 is 0 Å². The molecule has 0 radical (unpaired) electrons. The number of aryl methyl sites for hydroxylation is 2. The molecule has 1 aliphatic heterocycles. The van der Waals surface area contributed by atoms with E-state index in [-0.39, 0.29) is 5.91 Å². The summed E-state index contributed by atoms with van der Waals surface area (Å²) in [6.07, 6.45) is 1.91. The molecule has 1 aromatic carbocycles. The molecule has 1 aromatic heterocycles. The summed E-state index contributed by atoms with van der Waals surface area (Å²) in [5.41, 5.74) is 9.13. The lowest BCUT2D eigenvalue weighted by Gasteiger charge is -2.17. The van der Waals surface area contributed by atoms with Crippen molar-refractivity contribution in [1.82, 2.24) is 10.1 Å². The zero-order chi connectivity index (χ0) is 17.8. The Bertz CT molecular complexity index is 689. The molecule has 2 N–H and O–H groups in total. The highest BCUT2D eigenvalue weighted by Gasteiger charge is 2.35. The molecule has 2 atom stereocenters. The number of nitrogens with two attached hydrogens (primary N) is 1. The minimum atomic E-state index is 0.143. The predicted octanol–water partition coefficient (Wildman–Crippen LogP) is 2.54. The minimum Gasteiger partial charge on any atom is -0.361 e. The van der Waals surface area contributed by atoms with Gasteiger partial charge in [-0.15, -0.1) is 0 Å². The number of carbonyl (C=O) groups is 1. The average Bonchev–Trinajstić information content (AvgIpc) is 3.26. The topological polar surface area (TPSA) is 72.4 Å². The van der Waals surface area contributed by atoms with Crippen LogP contribution in [0.15, 0.2) is 34.9 Å². The lowest BCUT2D eigenvalue weighted by molar-refractivity contribution is -0.129. The first kappa shape index (κ1) is 17.7. The Morgan fingerprint density at radius 1 is 1.24 bits per heavy atom.